The lowest BCUT2D eigenvalue weighted by molar-refractivity contribution is 0.0697. The van der Waals surface area contributed by atoms with E-state index in [9.17, 15) is 13.2 Å². The minimum Gasteiger partial charge on any atom is -0.478 e. The van der Waals surface area contributed by atoms with Crippen LogP contribution in [0.5, 0.6) is 0 Å². The molecule has 1 aromatic rings. The van der Waals surface area contributed by atoms with Crippen molar-refractivity contribution in [3.8, 4) is 6.07 Å². The fraction of sp³-hybridized carbons (Fsp3) is 0.333. The normalized spacial score (nSPS) is 15.7. The molecule has 1 unspecified atom stereocenters. The van der Waals surface area contributed by atoms with Gasteiger partial charge in [0.05, 0.1) is 17.3 Å². The summed E-state index contributed by atoms with van der Waals surface area (Å²) in [5.41, 5.74) is 1.17. The van der Waals surface area contributed by atoms with Gasteiger partial charge in [-0.15, -0.1) is 0 Å². The van der Waals surface area contributed by atoms with E-state index in [4.69, 9.17) is 10.4 Å². The fourth-order valence-corrected chi connectivity index (χ4v) is 3.31. The molecule has 0 bridgehead atoms. The molecule has 6 nitrogen and oxygen atoms in total. The Labute approximate surface area is 110 Å². The van der Waals surface area contributed by atoms with Gasteiger partial charge in [-0.05, 0) is 31.0 Å². The first-order valence-electron chi connectivity index (χ1n) is 5.65. The molecule has 2 rings (SSSR count). The molecule has 0 radical (unpaired) electrons. The summed E-state index contributed by atoms with van der Waals surface area (Å²) in [6.45, 7) is 1.56. The van der Waals surface area contributed by atoms with E-state index in [0.717, 1.165) is 9.87 Å². The smallest absolute Gasteiger partial charge is 0.335 e. The standard InChI is InChI=1S/C12H12N2O4S/c1-8(7-13)19(17,18)14-5-4-9-2-3-10(12(15)16)6-11(9)14/h2-3,6,8H,4-5H2,1H3,(H,15,16). The Morgan fingerprint density at radius 2 is 2.21 bits per heavy atom. The Kier molecular flexibility index (Phi) is 3.20. The highest BCUT2D eigenvalue weighted by Gasteiger charge is 2.34. The SMILES string of the molecule is CC(C#N)S(=O)(=O)N1CCc2ccc(C(=O)O)cc21. The summed E-state index contributed by atoms with van der Waals surface area (Å²) in [6, 6.07) is 6.11. The summed E-state index contributed by atoms with van der Waals surface area (Å²) in [7, 11) is -3.77. The largest absolute Gasteiger partial charge is 0.478 e. The van der Waals surface area contributed by atoms with Crippen LogP contribution in [0.1, 0.15) is 22.8 Å². The first kappa shape index (κ1) is 13.4. The summed E-state index contributed by atoms with van der Waals surface area (Å²) in [6.07, 6.45) is 0.520. The van der Waals surface area contributed by atoms with Gasteiger partial charge < -0.3 is 5.11 Å². The number of benzene rings is 1. The first-order chi connectivity index (χ1) is 8.87. The van der Waals surface area contributed by atoms with Crippen molar-refractivity contribution in [1.29, 1.82) is 5.26 Å². The molecule has 0 amide bonds. The predicted octanol–water partition coefficient (Wildman–Crippen LogP) is 0.989. The van der Waals surface area contributed by atoms with Crippen LogP contribution in [0.2, 0.25) is 0 Å². The van der Waals surface area contributed by atoms with Crippen molar-refractivity contribution in [2.45, 2.75) is 18.6 Å². The summed E-state index contributed by atoms with van der Waals surface area (Å²) in [4.78, 5) is 10.9. The fourth-order valence-electron chi connectivity index (χ4n) is 2.00. The monoisotopic (exact) mass is 280 g/mol. The molecule has 1 aliphatic rings. The number of carboxylic acid groups (broad SMARTS) is 1. The Morgan fingerprint density at radius 1 is 1.53 bits per heavy atom. The molecule has 7 heteroatoms. The second-order valence-electron chi connectivity index (χ2n) is 4.29. The highest BCUT2D eigenvalue weighted by Crippen LogP contribution is 2.32. The summed E-state index contributed by atoms with van der Waals surface area (Å²) >= 11 is 0. The average molecular weight is 280 g/mol. The molecule has 1 aliphatic heterocycles. The Hall–Kier alpha value is -2.07. The zero-order valence-corrected chi connectivity index (χ0v) is 11.0. The van der Waals surface area contributed by atoms with Crippen LogP contribution in [0.3, 0.4) is 0 Å². The van der Waals surface area contributed by atoms with Crippen molar-refractivity contribution in [3.05, 3.63) is 29.3 Å². The number of rotatable bonds is 3. The van der Waals surface area contributed by atoms with Crippen LogP contribution in [0.4, 0.5) is 5.69 Å². The number of aromatic carboxylic acids is 1. The Balaban J connectivity index is 2.50. The Morgan fingerprint density at radius 3 is 2.79 bits per heavy atom. The molecule has 0 aliphatic carbocycles. The number of nitriles is 1. The number of hydrogen-bond donors (Lipinski definition) is 1. The molecular formula is C12H12N2O4S. The lowest BCUT2D eigenvalue weighted by atomic mass is 10.1. The van der Waals surface area contributed by atoms with Crippen molar-refractivity contribution in [1.82, 2.24) is 0 Å². The van der Waals surface area contributed by atoms with Gasteiger partial charge in [-0.25, -0.2) is 13.2 Å². The lowest BCUT2D eigenvalue weighted by Gasteiger charge is -2.20. The molecular weight excluding hydrogens is 268 g/mol. The van der Waals surface area contributed by atoms with Crippen molar-refractivity contribution in [2.75, 3.05) is 10.8 Å². The molecule has 0 spiro atoms. The maximum atomic E-state index is 12.2. The van der Waals surface area contributed by atoms with Crippen LogP contribution < -0.4 is 4.31 Å². The van der Waals surface area contributed by atoms with E-state index in [1.807, 2.05) is 0 Å². The highest BCUT2D eigenvalue weighted by molar-refractivity contribution is 7.93. The van der Waals surface area contributed by atoms with Gasteiger partial charge in [-0.1, -0.05) is 6.07 Å². The second-order valence-corrected chi connectivity index (χ2v) is 6.46. The van der Waals surface area contributed by atoms with E-state index in [1.165, 1.54) is 19.1 Å². The molecule has 0 fully saturated rings. The van der Waals surface area contributed by atoms with E-state index >= 15 is 0 Å². The summed E-state index contributed by atoms with van der Waals surface area (Å²) in [5.74, 6) is -1.11. The van der Waals surface area contributed by atoms with Crippen molar-refractivity contribution < 1.29 is 18.3 Å². The van der Waals surface area contributed by atoms with Crippen LogP contribution in [0.25, 0.3) is 0 Å². The zero-order chi connectivity index (χ0) is 14.2. The van der Waals surface area contributed by atoms with Gasteiger partial charge in [0.2, 0.25) is 0 Å². The quantitative estimate of drug-likeness (QED) is 0.890. The predicted molar refractivity (Wildman–Crippen MR) is 68.4 cm³/mol. The molecule has 100 valence electrons. The van der Waals surface area contributed by atoms with E-state index in [0.29, 0.717) is 12.1 Å². The van der Waals surface area contributed by atoms with Crippen molar-refractivity contribution >= 4 is 21.7 Å². The number of carboxylic acids is 1. The maximum Gasteiger partial charge on any atom is 0.335 e. The molecule has 0 saturated carbocycles. The number of nitrogens with zero attached hydrogens (tertiary/aromatic N) is 2. The third kappa shape index (κ3) is 2.15. The van der Waals surface area contributed by atoms with Gasteiger partial charge in [-0.2, -0.15) is 5.26 Å². The van der Waals surface area contributed by atoms with Crippen LogP contribution >= 0.6 is 0 Å². The van der Waals surface area contributed by atoms with Gasteiger partial charge in [0.25, 0.3) is 10.0 Å². The van der Waals surface area contributed by atoms with Crippen LogP contribution in [0, 0.1) is 11.3 Å². The molecule has 1 atom stereocenters. The minimum absolute atomic E-state index is 0.0328. The van der Waals surface area contributed by atoms with Gasteiger partial charge in [-0.3, -0.25) is 4.31 Å². The van der Waals surface area contributed by atoms with Gasteiger partial charge in [0.1, 0.15) is 0 Å². The number of sulfonamides is 1. The molecule has 1 N–H and O–H groups in total. The molecule has 0 aromatic heterocycles. The third-order valence-corrected chi connectivity index (χ3v) is 5.11. The van der Waals surface area contributed by atoms with Crippen molar-refractivity contribution in [2.24, 2.45) is 0 Å². The van der Waals surface area contributed by atoms with E-state index in [-0.39, 0.29) is 12.1 Å². The third-order valence-electron chi connectivity index (χ3n) is 3.12. The zero-order valence-electron chi connectivity index (χ0n) is 10.2. The van der Waals surface area contributed by atoms with Crippen LogP contribution in [0.15, 0.2) is 18.2 Å². The molecule has 19 heavy (non-hydrogen) atoms. The number of hydrogen-bond acceptors (Lipinski definition) is 4. The van der Waals surface area contributed by atoms with Crippen LogP contribution in [-0.2, 0) is 16.4 Å². The lowest BCUT2D eigenvalue weighted by Crippen LogP contribution is -2.35. The van der Waals surface area contributed by atoms with Gasteiger partial charge >= 0.3 is 5.97 Å². The summed E-state index contributed by atoms with van der Waals surface area (Å²) in [5, 5.41) is 16.6. The summed E-state index contributed by atoms with van der Waals surface area (Å²) < 4.78 is 25.5. The number of fused-ring (bicyclic) bond motifs is 1. The van der Waals surface area contributed by atoms with E-state index in [1.54, 1.807) is 12.1 Å². The minimum atomic E-state index is -3.77. The van der Waals surface area contributed by atoms with Crippen LogP contribution in [-0.4, -0.2) is 31.3 Å². The number of carbonyl (C=O) groups is 1. The number of anilines is 1. The second kappa shape index (κ2) is 4.55. The molecule has 1 aromatic carbocycles. The van der Waals surface area contributed by atoms with Crippen molar-refractivity contribution in [3.63, 3.8) is 0 Å². The van der Waals surface area contributed by atoms with E-state index in [2.05, 4.69) is 0 Å². The Bertz CT molecular complexity index is 675. The topological polar surface area (TPSA) is 98.5 Å². The van der Waals surface area contributed by atoms with E-state index < -0.39 is 21.2 Å². The maximum absolute atomic E-state index is 12.2. The average Bonchev–Trinajstić information content (AvgIpc) is 2.80. The van der Waals surface area contributed by atoms with Gasteiger partial charge in [0.15, 0.2) is 5.25 Å². The van der Waals surface area contributed by atoms with Gasteiger partial charge in [0, 0.05) is 6.54 Å². The molecule has 1 heterocycles. The molecule has 0 saturated heterocycles. The highest BCUT2D eigenvalue weighted by atomic mass is 32.2. The first-order valence-corrected chi connectivity index (χ1v) is 7.15.